The molecule has 8 nitrogen and oxygen atoms in total. The van der Waals surface area contributed by atoms with E-state index >= 15 is 0 Å². The van der Waals surface area contributed by atoms with Crippen molar-refractivity contribution in [3.8, 4) is 0 Å². The molecule has 1 atom stereocenters. The van der Waals surface area contributed by atoms with Gasteiger partial charge in [0.1, 0.15) is 12.4 Å². The highest BCUT2D eigenvalue weighted by Gasteiger charge is 2.25. The van der Waals surface area contributed by atoms with E-state index in [9.17, 15) is 30.1 Å². The molecule has 3 saturated carbocycles. The van der Waals surface area contributed by atoms with Crippen LogP contribution < -0.4 is 0 Å². The van der Waals surface area contributed by atoms with Crippen LogP contribution in [0.5, 0.6) is 0 Å². The van der Waals surface area contributed by atoms with Crippen molar-refractivity contribution in [3.63, 3.8) is 0 Å². The van der Waals surface area contributed by atoms with E-state index in [1.165, 1.54) is 44.9 Å². The van der Waals surface area contributed by atoms with Gasteiger partial charge in [0.25, 0.3) is 0 Å². The van der Waals surface area contributed by atoms with Crippen molar-refractivity contribution in [3.05, 3.63) is 32.5 Å². The first-order valence-corrected chi connectivity index (χ1v) is 12.0. The summed E-state index contributed by atoms with van der Waals surface area (Å²) >= 11 is 0. The quantitative estimate of drug-likeness (QED) is 0.338. The highest BCUT2D eigenvalue weighted by atomic mass is 16.6. The van der Waals surface area contributed by atoms with E-state index in [2.05, 4.69) is 0 Å². The maximum absolute atomic E-state index is 10.2. The number of hydrogen-bond acceptors (Lipinski definition) is 6. The number of carbonyl (C=O) groups excluding carboxylic acids is 1. The number of hydrogen-bond donors (Lipinski definition) is 1. The molecule has 3 rings (SSSR count). The van der Waals surface area contributed by atoms with Crippen LogP contribution in [0.25, 0.3) is 0 Å². The minimum Gasteiger partial charge on any atom is -0.386 e. The Balaban J connectivity index is 0.000000237. The summed E-state index contributed by atoms with van der Waals surface area (Å²) in [6.45, 7) is -0.287. The van der Waals surface area contributed by atoms with Gasteiger partial charge >= 0.3 is 0 Å². The zero-order valence-corrected chi connectivity index (χ0v) is 18.7. The van der Waals surface area contributed by atoms with E-state index in [0.29, 0.717) is 11.8 Å². The highest BCUT2D eigenvalue weighted by molar-refractivity contribution is 5.53. The van der Waals surface area contributed by atoms with Crippen molar-refractivity contribution in [2.75, 3.05) is 6.54 Å². The molecular formula is C23H40N2O6. The zero-order valence-electron chi connectivity index (χ0n) is 18.7. The van der Waals surface area contributed by atoms with Crippen molar-refractivity contribution in [2.45, 2.75) is 102 Å². The molecule has 0 bridgehead atoms. The predicted molar refractivity (Wildman–Crippen MR) is 120 cm³/mol. The normalized spacial score (nSPS) is 21.8. The monoisotopic (exact) mass is 440 g/mol. The summed E-state index contributed by atoms with van der Waals surface area (Å²) in [6.07, 6.45) is 20.7. The third-order valence-electron chi connectivity index (χ3n) is 6.50. The zero-order chi connectivity index (χ0) is 22.9. The average Bonchev–Trinajstić information content (AvgIpc) is 2.80. The molecule has 0 radical (unpaired) electrons. The first-order chi connectivity index (χ1) is 14.9. The van der Waals surface area contributed by atoms with Gasteiger partial charge in [0.2, 0.25) is 12.7 Å². The van der Waals surface area contributed by atoms with Crippen molar-refractivity contribution in [1.29, 1.82) is 0 Å². The molecule has 3 aliphatic carbocycles. The largest absolute Gasteiger partial charge is 0.386 e. The van der Waals surface area contributed by atoms with Gasteiger partial charge in [-0.25, -0.2) is 0 Å². The molecule has 3 aliphatic rings. The van der Waals surface area contributed by atoms with E-state index < -0.39 is 11.0 Å². The number of rotatable bonds is 6. The molecule has 1 N–H and O–H groups in total. The van der Waals surface area contributed by atoms with Gasteiger partial charge in [0.05, 0.1) is 4.92 Å². The lowest BCUT2D eigenvalue weighted by molar-refractivity contribution is -0.492. The maximum Gasteiger partial charge on any atom is 0.230 e. The maximum atomic E-state index is 10.2. The Kier molecular flexibility index (Phi) is 14.8. The van der Waals surface area contributed by atoms with E-state index in [4.69, 9.17) is 0 Å². The number of allylic oxidation sites excluding steroid dienone is 1. The number of nitrogens with zero attached hydrogens (tertiary/aromatic N) is 2. The summed E-state index contributed by atoms with van der Waals surface area (Å²) in [5.74, 6) is 1.04. The lowest BCUT2D eigenvalue weighted by Crippen LogP contribution is -2.29. The van der Waals surface area contributed by atoms with E-state index in [1.54, 1.807) is 6.08 Å². The van der Waals surface area contributed by atoms with Gasteiger partial charge in [-0.2, -0.15) is 0 Å². The van der Waals surface area contributed by atoms with Gasteiger partial charge in [-0.05, 0) is 56.4 Å². The SMILES string of the molecule is O=CC1CCCCC1.O=[N+]([O-])/C=C/C1CCCCC1.O=[N+]([O-])CC(O)C1CCCCC1. The van der Waals surface area contributed by atoms with Crippen LogP contribution >= 0.6 is 0 Å². The fourth-order valence-electron chi connectivity index (χ4n) is 4.61. The molecule has 3 fully saturated rings. The van der Waals surface area contributed by atoms with E-state index in [0.717, 1.165) is 63.9 Å². The summed E-state index contributed by atoms with van der Waals surface area (Å²) in [6, 6.07) is 0. The number of nitro groups is 2. The molecule has 8 heteroatoms. The third-order valence-corrected chi connectivity index (χ3v) is 6.50. The van der Waals surface area contributed by atoms with Crippen LogP contribution in [-0.2, 0) is 4.79 Å². The van der Waals surface area contributed by atoms with Gasteiger partial charge in [-0.15, -0.1) is 0 Å². The van der Waals surface area contributed by atoms with Crippen LogP contribution in [0.3, 0.4) is 0 Å². The number of carbonyl (C=O) groups is 1. The first kappa shape index (κ1) is 27.2. The first-order valence-electron chi connectivity index (χ1n) is 12.0. The van der Waals surface area contributed by atoms with Crippen LogP contribution in [0.2, 0.25) is 0 Å². The van der Waals surface area contributed by atoms with Gasteiger partial charge in [-0.1, -0.05) is 57.8 Å². The Morgan fingerprint density at radius 1 is 0.774 bits per heavy atom. The molecule has 0 spiro atoms. The van der Waals surface area contributed by atoms with Gasteiger partial charge in [0, 0.05) is 10.8 Å². The Labute approximate surface area is 185 Å². The van der Waals surface area contributed by atoms with Crippen LogP contribution in [0.4, 0.5) is 0 Å². The number of aldehydes is 1. The molecule has 0 heterocycles. The van der Waals surface area contributed by atoms with E-state index in [1.807, 2.05) is 0 Å². The molecule has 1 unspecified atom stereocenters. The highest BCUT2D eigenvalue weighted by Crippen LogP contribution is 2.26. The second-order valence-electron chi connectivity index (χ2n) is 9.04. The lowest BCUT2D eigenvalue weighted by Gasteiger charge is -2.23. The molecule has 0 amide bonds. The van der Waals surface area contributed by atoms with Crippen molar-refractivity contribution < 1.29 is 19.7 Å². The molecule has 0 aromatic carbocycles. The minimum absolute atomic E-state index is 0.171. The fraction of sp³-hybridized carbons (Fsp3) is 0.870. The van der Waals surface area contributed by atoms with Crippen LogP contribution in [0.15, 0.2) is 12.3 Å². The van der Waals surface area contributed by atoms with Crippen molar-refractivity contribution in [2.24, 2.45) is 17.8 Å². The second kappa shape index (κ2) is 16.8. The van der Waals surface area contributed by atoms with Gasteiger partial charge in [-0.3, -0.25) is 20.2 Å². The predicted octanol–water partition coefficient (Wildman–Crippen LogP) is 5.33. The molecule has 178 valence electrons. The van der Waals surface area contributed by atoms with Gasteiger partial charge in [0.15, 0.2) is 0 Å². The molecule has 0 saturated heterocycles. The molecule has 0 aromatic rings. The van der Waals surface area contributed by atoms with Crippen molar-refractivity contribution >= 4 is 6.29 Å². The molecule has 0 aromatic heterocycles. The standard InChI is InChI=1S/C8H15NO3.C8H13NO2.C7H12O/c10-8(6-9(11)12)7-4-2-1-3-5-7;10-9(11)7-6-8-4-2-1-3-5-8;8-6-7-4-2-1-3-5-7/h7-8,10H,1-6H2;6-8H,1-5H2;6-7H,1-5H2/b;7-6+;. The number of aliphatic hydroxyl groups excluding tert-OH is 1. The second-order valence-corrected chi connectivity index (χ2v) is 9.04. The fourth-order valence-corrected chi connectivity index (χ4v) is 4.61. The van der Waals surface area contributed by atoms with E-state index in [-0.39, 0.29) is 17.4 Å². The van der Waals surface area contributed by atoms with Crippen LogP contribution in [0, 0.1) is 38.0 Å². The van der Waals surface area contributed by atoms with Gasteiger partial charge < -0.3 is 9.90 Å². The van der Waals surface area contributed by atoms with Crippen LogP contribution in [-0.4, -0.2) is 33.9 Å². The van der Waals surface area contributed by atoms with Crippen LogP contribution in [0.1, 0.15) is 96.3 Å². The third kappa shape index (κ3) is 14.0. The topological polar surface area (TPSA) is 124 Å². The number of aliphatic hydroxyl groups is 1. The molecular weight excluding hydrogens is 400 g/mol. The Morgan fingerprint density at radius 3 is 1.61 bits per heavy atom. The Hall–Kier alpha value is -1.83. The summed E-state index contributed by atoms with van der Waals surface area (Å²) < 4.78 is 0. The smallest absolute Gasteiger partial charge is 0.230 e. The lowest BCUT2D eigenvalue weighted by atomic mass is 9.85. The molecule has 0 aliphatic heterocycles. The van der Waals surface area contributed by atoms with Crippen molar-refractivity contribution in [1.82, 2.24) is 0 Å². The average molecular weight is 441 g/mol. The Morgan fingerprint density at radius 2 is 1.23 bits per heavy atom. The summed E-state index contributed by atoms with van der Waals surface area (Å²) in [5.41, 5.74) is 0. The minimum atomic E-state index is -0.722. The summed E-state index contributed by atoms with van der Waals surface area (Å²) in [7, 11) is 0. The summed E-state index contributed by atoms with van der Waals surface area (Å²) in [4.78, 5) is 29.4. The Bertz CT molecular complexity index is 536. The summed E-state index contributed by atoms with van der Waals surface area (Å²) in [5, 5.41) is 29.5. The molecule has 31 heavy (non-hydrogen) atoms.